The smallest absolute Gasteiger partial charge is 0.191 e. The van der Waals surface area contributed by atoms with Gasteiger partial charge in [-0.15, -0.1) is 0 Å². The first kappa shape index (κ1) is 19.0. The molecule has 0 radical (unpaired) electrons. The molecule has 0 saturated carbocycles. The van der Waals surface area contributed by atoms with Crippen LogP contribution in [0.25, 0.3) is 0 Å². The van der Waals surface area contributed by atoms with E-state index < -0.39 is 0 Å². The molecular formula is C21H28N4O2. The van der Waals surface area contributed by atoms with E-state index in [9.17, 15) is 0 Å². The van der Waals surface area contributed by atoms with E-state index in [4.69, 9.17) is 9.47 Å². The molecule has 1 aromatic carbocycles. The Bertz CT molecular complexity index is 775. The average Bonchev–Trinajstić information content (AvgIpc) is 2.71. The molecule has 6 nitrogen and oxygen atoms in total. The van der Waals surface area contributed by atoms with Crippen molar-refractivity contribution in [1.82, 2.24) is 15.6 Å². The highest BCUT2D eigenvalue weighted by Gasteiger charge is 2.23. The van der Waals surface area contributed by atoms with Crippen molar-refractivity contribution < 1.29 is 9.47 Å². The molecule has 144 valence electrons. The number of aromatic nitrogens is 1. The van der Waals surface area contributed by atoms with Crippen molar-refractivity contribution in [3.8, 4) is 11.5 Å². The molecule has 2 N–H and O–H groups in total. The van der Waals surface area contributed by atoms with Gasteiger partial charge in [-0.1, -0.05) is 26.0 Å². The fourth-order valence-corrected chi connectivity index (χ4v) is 2.95. The van der Waals surface area contributed by atoms with Crippen LogP contribution in [0.2, 0.25) is 0 Å². The normalized spacial score (nSPS) is 14.0. The second-order valence-corrected chi connectivity index (χ2v) is 7.17. The summed E-state index contributed by atoms with van der Waals surface area (Å²) in [7, 11) is 1.78. The fourth-order valence-electron chi connectivity index (χ4n) is 2.95. The first-order valence-electron chi connectivity index (χ1n) is 9.33. The number of ether oxygens (including phenoxy) is 2. The third kappa shape index (κ3) is 5.12. The van der Waals surface area contributed by atoms with Crippen LogP contribution in [0.5, 0.6) is 11.5 Å². The minimum atomic E-state index is -0.0888. The van der Waals surface area contributed by atoms with Crippen molar-refractivity contribution >= 4 is 5.96 Å². The molecular weight excluding hydrogens is 340 g/mol. The Balaban J connectivity index is 1.53. The second kappa shape index (κ2) is 8.75. The van der Waals surface area contributed by atoms with Gasteiger partial charge in [-0.3, -0.25) is 9.98 Å². The highest BCUT2D eigenvalue weighted by atomic mass is 16.6. The van der Waals surface area contributed by atoms with Gasteiger partial charge in [0.25, 0.3) is 0 Å². The molecule has 0 unspecified atom stereocenters. The maximum absolute atomic E-state index is 5.71. The SMILES string of the molecule is CN=C(NCCc1ccccn1)NCC(C)(C)c1ccc2c(c1)OCCO2. The van der Waals surface area contributed by atoms with Gasteiger partial charge in [0.05, 0.1) is 0 Å². The first-order valence-corrected chi connectivity index (χ1v) is 9.33. The van der Waals surface area contributed by atoms with Gasteiger partial charge in [0, 0.05) is 43.9 Å². The summed E-state index contributed by atoms with van der Waals surface area (Å²) in [5, 5.41) is 6.77. The van der Waals surface area contributed by atoms with Gasteiger partial charge >= 0.3 is 0 Å². The zero-order valence-corrected chi connectivity index (χ0v) is 16.3. The number of hydrogen-bond acceptors (Lipinski definition) is 4. The molecule has 0 aliphatic carbocycles. The molecule has 0 atom stereocenters. The number of guanidine groups is 1. The van der Waals surface area contributed by atoms with Crippen molar-refractivity contribution in [3.63, 3.8) is 0 Å². The van der Waals surface area contributed by atoms with E-state index in [1.54, 1.807) is 7.05 Å². The Morgan fingerprint density at radius 1 is 1.11 bits per heavy atom. The number of nitrogens with zero attached hydrogens (tertiary/aromatic N) is 2. The number of nitrogens with one attached hydrogen (secondary N) is 2. The average molecular weight is 368 g/mol. The number of rotatable bonds is 6. The van der Waals surface area contributed by atoms with E-state index in [1.807, 2.05) is 30.5 Å². The maximum atomic E-state index is 5.71. The minimum Gasteiger partial charge on any atom is -0.486 e. The van der Waals surface area contributed by atoms with Crippen LogP contribution >= 0.6 is 0 Å². The van der Waals surface area contributed by atoms with Crippen molar-refractivity contribution in [2.24, 2.45) is 4.99 Å². The summed E-state index contributed by atoms with van der Waals surface area (Å²) < 4.78 is 11.3. The summed E-state index contributed by atoms with van der Waals surface area (Å²) in [6, 6.07) is 12.1. The predicted octanol–water partition coefficient (Wildman–Crippen LogP) is 2.54. The molecule has 2 heterocycles. The van der Waals surface area contributed by atoms with Crippen molar-refractivity contribution in [3.05, 3.63) is 53.9 Å². The van der Waals surface area contributed by atoms with Gasteiger partial charge in [-0.25, -0.2) is 0 Å². The third-order valence-corrected chi connectivity index (χ3v) is 4.64. The third-order valence-electron chi connectivity index (χ3n) is 4.64. The lowest BCUT2D eigenvalue weighted by Crippen LogP contribution is -2.44. The number of benzene rings is 1. The summed E-state index contributed by atoms with van der Waals surface area (Å²) in [6.45, 7) is 7.13. The number of hydrogen-bond donors (Lipinski definition) is 2. The minimum absolute atomic E-state index is 0.0888. The highest BCUT2D eigenvalue weighted by Crippen LogP contribution is 2.34. The molecule has 1 aliphatic heterocycles. The van der Waals surface area contributed by atoms with Gasteiger partial charge in [-0.2, -0.15) is 0 Å². The van der Waals surface area contributed by atoms with Crippen molar-refractivity contribution in [1.29, 1.82) is 0 Å². The Kier molecular flexibility index (Phi) is 6.16. The Hall–Kier alpha value is -2.76. The molecule has 0 saturated heterocycles. The Morgan fingerprint density at radius 3 is 2.67 bits per heavy atom. The van der Waals surface area contributed by atoms with Gasteiger partial charge in [0.1, 0.15) is 13.2 Å². The highest BCUT2D eigenvalue weighted by molar-refractivity contribution is 5.79. The van der Waals surface area contributed by atoms with E-state index in [0.717, 1.165) is 42.7 Å². The van der Waals surface area contributed by atoms with Crippen LogP contribution < -0.4 is 20.1 Å². The maximum Gasteiger partial charge on any atom is 0.191 e. The van der Waals surface area contributed by atoms with Crippen molar-refractivity contribution in [2.75, 3.05) is 33.4 Å². The van der Waals surface area contributed by atoms with Gasteiger partial charge < -0.3 is 20.1 Å². The second-order valence-electron chi connectivity index (χ2n) is 7.17. The van der Waals surface area contributed by atoms with Gasteiger partial charge in [-0.05, 0) is 29.8 Å². The number of pyridine rings is 1. The van der Waals surface area contributed by atoms with Crippen LogP contribution in [-0.4, -0.2) is 44.3 Å². The molecule has 6 heteroatoms. The predicted molar refractivity (Wildman–Crippen MR) is 108 cm³/mol. The lowest BCUT2D eigenvalue weighted by Gasteiger charge is -2.28. The number of aliphatic imine (C=N–C) groups is 1. The van der Waals surface area contributed by atoms with Crippen LogP contribution in [0.15, 0.2) is 47.6 Å². The van der Waals surface area contributed by atoms with Crippen LogP contribution in [0, 0.1) is 0 Å². The van der Waals surface area contributed by atoms with E-state index >= 15 is 0 Å². The summed E-state index contributed by atoms with van der Waals surface area (Å²) in [5.41, 5.74) is 2.18. The summed E-state index contributed by atoms with van der Waals surface area (Å²) in [5.74, 6) is 2.43. The molecule has 0 bridgehead atoms. The standard InChI is InChI=1S/C21H28N4O2/c1-21(2,16-7-8-18-19(14-16)27-13-12-26-18)15-25-20(22-3)24-11-9-17-6-4-5-10-23-17/h4-8,10,14H,9,11-13,15H2,1-3H3,(H2,22,24,25). The quantitative estimate of drug-likeness (QED) is 0.606. The zero-order chi connectivity index (χ0) is 19.1. The van der Waals surface area contributed by atoms with E-state index in [1.165, 1.54) is 5.56 Å². The lowest BCUT2D eigenvalue weighted by atomic mass is 9.84. The molecule has 0 amide bonds. The van der Waals surface area contributed by atoms with Crippen molar-refractivity contribution in [2.45, 2.75) is 25.7 Å². The molecule has 1 aromatic heterocycles. The number of fused-ring (bicyclic) bond motifs is 1. The van der Waals surface area contributed by atoms with Gasteiger partial charge in [0.2, 0.25) is 0 Å². The van der Waals surface area contributed by atoms with Gasteiger partial charge in [0.15, 0.2) is 17.5 Å². The van der Waals surface area contributed by atoms with Crippen LogP contribution in [0.4, 0.5) is 0 Å². The molecule has 27 heavy (non-hydrogen) atoms. The molecule has 3 rings (SSSR count). The summed E-state index contributed by atoms with van der Waals surface area (Å²) in [6.07, 6.45) is 2.67. The van der Waals surface area contributed by atoms with Crippen LogP contribution in [0.3, 0.4) is 0 Å². The fraction of sp³-hybridized carbons (Fsp3) is 0.429. The summed E-state index contributed by atoms with van der Waals surface area (Å²) >= 11 is 0. The Labute approximate surface area is 161 Å². The molecule has 0 spiro atoms. The van der Waals surface area contributed by atoms with Crippen LogP contribution in [0.1, 0.15) is 25.1 Å². The topological polar surface area (TPSA) is 67.8 Å². The van der Waals surface area contributed by atoms with Crippen LogP contribution in [-0.2, 0) is 11.8 Å². The zero-order valence-electron chi connectivity index (χ0n) is 16.3. The van der Waals surface area contributed by atoms with E-state index in [0.29, 0.717) is 13.2 Å². The largest absolute Gasteiger partial charge is 0.486 e. The molecule has 1 aliphatic rings. The monoisotopic (exact) mass is 368 g/mol. The molecule has 0 fully saturated rings. The van der Waals surface area contributed by atoms with E-state index in [-0.39, 0.29) is 5.41 Å². The molecule has 2 aromatic rings. The van der Waals surface area contributed by atoms with E-state index in [2.05, 4.69) is 46.6 Å². The Morgan fingerprint density at radius 2 is 1.93 bits per heavy atom. The first-order chi connectivity index (χ1) is 13.1. The lowest BCUT2D eigenvalue weighted by molar-refractivity contribution is 0.171. The summed E-state index contributed by atoms with van der Waals surface area (Å²) in [4.78, 5) is 8.65.